The van der Waals surface area contributed by atoms with Gasteiger partial charge in [-0.25, -0.2) is 4.79 Å². The summed E-state index contributed by atoms with van der Waals surface area (Å²) in [7, 11) is 0. The predicted molar refractivity (Wildman–Crippen MR) is 72.6 cm³/mol. The number of esters is 1. The van der Waals surface area contributed by atoms with E-state index in [-0.39, 0.29) is 5.97 Å². The number of rotatable bonds is 3. The van der Waals surface area contributed by atoms with Crippen molar-refractivity contribution in [3.8, 4) is 5.75 Å². The molecule has 90 valence electrons. The van der Waals surface area contributed by atoms with Gasteiger partial charge in [-0.3, -0.25) is 0 Å². The SMILES string of the molecule is C=C(C)c1ccccc1OC(=O)c1ccccc1. The van der Waals surface area contributed by atoms with Crippen molar-refractivity contribution in [3.63, 3.8) is 0 Å². The van der Waals surface area contributed by atoms with E-state index in [4.69, 9.17) is 4.74 Å². The van der Waals surface area contributed by atoms with E-state index in [9.17, 15) is 4.79 Å². The van der Waals surface area contributed by atoms with Gasteiger partial charge in [-0.05, 0) is 30.7 Å². The average Bonchev–Trinajstić information content (AvgIpc) is 2.40. The van der Waals surface area contributed by atoms with Crippen molar-refractivity contribution in [1.29, 1.82) is 0 Å². The molecule has 0 aromatic heterocycles. The molecule has 0 heterocycles. The Labute approximate surface area is 107 Å². The molecule has 0 radical (unpaired) electrons. The summed E-state index contributed by atoms with van der Waals surface area (Å²) in [5, 5.41) is 0. The monoisotopic (exact) mass is 238 g/mol. The van der Waals surface area contributed by atoms with Gasteiger partial charge >= 0.3 is 5.97 Å². The molecule has 0 unspecified atom stereocenters. The number of carbonyl (C=O) groups is 1. The molecule has 0 amide bonds. The molecule has 18 heavy (non-hydrogen) atoms. The molecular formula is C16H14O2. The maximum atomic E-state index is 11.9. The van der Waals surface area contributed by atoms with E-state index in [1.165, 1.54) is 0 Å². The van der Waals surface area contributed by atoms with Crippen LogP contribution < -0.4 is 4.74 Å². The summed E-state index contributed by atoms with van der Waals surface area (Å²) in [4.78, 5) is 11.9. The normalized spacial score (nSPS) is 9.83. The molecule has 0 aliphatic heterocycles. The third kappa shape index (κ3) is 2.66. The smallest absolute Gasteiger partial charge is 0.343 e. The van der Waals surface area contributed by atoms with Gasteiger partial charge in [0, 0.05) is 5.56 Å². The van der Waals surface area contributed by atoms with E-state index in [1.54, 1.807) is 30.3 Å². The molecule has 2 heteroatoms. The Bertz CT molecular complexity index is 571. The number of ether oxygens (including phenoxy) is 1. The number of benzene rings is 2. The highest BCUT2D eigenvalue weighted by atomic mass is 16.5. The quantitative estimate of drug-likeness (QED) is 0.598. The van der Waals surface area contributed by atoms with Crippen molar-refractivity contribution < 1.29 is 9.53 Å². The van der Waals surface area contributed by atoms with Gasteiger partial charge in [-0.1, -0.05) is 43.0 Å². The van der Waals surface area contributed by atoms with Crippen molar-refractivity contribution in [1.82, 2.24) is 0 Å². The fraction of sp³-hybridized carbons (Fsp3) is 0.0625. The van der Waals surface area contributed by atoms with Gasteiger partial charge in [-0.2, -0.15) is 0 Å². The Morgan fingerprint density at radius 2 is 1.61 bits per heavy atom. The molecule has 0 atom stereocenters. The number of hydrogen-bond donors (Lipinski definition) is 0. The van der Waals surface area contributed by atoms with Gasteiger partial charge in [0.2, 0.25) is 0 Å². The highest BCUT2D eigenvalue weighted by Crippen LogP contribution is 2.25. The van der Waals surface area contributed by atoms with Crippen LogP contribution in [0, 0.1) is 0 Å². The van der Waals surface area contributed by atoms with Crippen molar-refractivity contribution in [2.45, 2.75) is 6.92 Å². The lowest BCUT2D eigenvalue weighted by Gasteiger charge is -2.09. The predicted octanol–water partition coefficient (Wildman–Crippen LogP) is 3.94. The third-order valence-electron chi connectivity index (χ3n) is 2.56. The maximum Gasteiger partial charge on any atom is 0.343 e. The Morgan fingerprint density at radius 1 is 1.00 bits per heavy atom. The second-order valence-corrected chi connectivity index (χ2v) is 4.03. The van der Waals surface area contributed by atoms with Crippen LogP contribution in [0.25, 0.3) is 5.57 Å². The molecule has 0 N–H and O–H groups in total. The Morgan fingerprint density at radius 3 is 2.28 bits per heavy atom. The van der Waals surface area contributed by atoms with E-state index in [0.29, 0.717) is 11.3 Å². The summed E-state index contributed by atoms with van der Waals surface area (Å²) in [6.07, 6.45) is 0. The maximum absolute atomic E-state index is 11.9. The summed E-state index contributed by atoms with van der Waals surface area (Å²) >= 11 is 0. The summed E-state index contributed by atoms with van der Waals surface area (Å²) < 4.78 is 5.39. The lowest BCUT2D eigenvalue weighted by molar-refractivity contribution is 0.0734. The van der Waals surface area contributed by atoms with Gasteiger partial charge in [0.15, 0.2) is 0 Å². The molecule has 2 rings (SSSR count). The molecule has 2 nitrogen and oxygen atoms in total. The zero-order valence-corrected chi connectivity index (χ0v) is 10.2. The van der Waals surface area contributed by atoms with Gasteiger partial charge < -0.3 is 4.74 Å². The molecular weight excluding hydrogens is 224 g/mol. The van der Waals surface area contributed by atoms with Crippen molar-refractivity contribution >= 4 is 11.5 Å². The minimum absolute atomic E-state index is 0.357. The molecule has 0 spiro atoms. The van der Waals surface area contributed by atoms with Gasteiger partial charge in [-0.15, -0.1) is 0 Å². The van der Waals surface area contributed by atoms with Crippen LogP contribution in [0.3, 0.4) is 0 Å². The standard InChI is InChI=1S/C16H14O2/c1-12(2)14-10-6-7-11-15(14)18-16(17)13-8-4-3-5-9-13/h3-11H,1H2,2H3. The van der Waals surface area contributed by atoms with Crippen LogP contribution in [0.15, 0.2) is 61.2 Å². The minimum atomic E-state index is -0.357. The van der Waals surface area contributed by atoms with E-state index < -0.39 is 0 Å². The Hall–Kier alpha value is -2.35. The summed E-state index contributed by atoms with van der Waals surface area (Å²) in [6, 6.07) is 16.3. The first-order valence-electron chi connectivity index (χ1n) is 5.70. The number of para-hydroxylation sites is 1. The van der Waals surface area contributed by atoms with E-state index in [1.807, 2.05) is 31.2 Å². The van der Waals surface area contributed by atoms with E-state index >= 15 is 0 Å². The van der Waals surface area contributed by atoms with Gasteiger partial charge in [0.05, 0.1) is 5.56 Å². The van der Waals surface area contributed by atoms with Gasteiger partial charge in [0.1, 0.15) is 5.75 Å². The Balaban J connectivity index is 2.25. The fourth-order valence-corrected chi connectivity index (χ4v) is 1.64. The average molecular weight is 238 g/mol. The van der Waals surface area contributed by atoms with Crippen LogP contribution in [-0.4, -0.2) is 5.97 Å². The third-order valence-corrected chi connectivity index (χ3v) is 2.56. The van der Waals surface area contributed by atoms with Gasteiger partial charge in [0.25, 0.3) is 0 Å². The molecule has 0 saturated heterocycles. The van der Waals surface area contributed by atoms with Crippen LogP contribution in [0.1, 0.15) is 22.8 Å². The number of allylic oxidation sites excluding steroid dienone is 1. The largest absolute Gasteiger partial charge is 0.422 e. The second kappa shape index (κ2) is 5.32. The lowest BCUT2D eigenvalue weighted by atomic mass is 10.1. The topological polar surface area (TPSA) is 26.3 Å². The molecule has 2 aromatic rings. The first-order valence-corrected chi connectivity index (χ1v) is 5.70. The highest BCUT2D eigenvalue weighted by molar-refractivity contribution is 5.91. The van der Waals surface area contributed by atoms with Crippen LogP contribution in [0.4, 0.5) is 0 Å². The van der Waals surface area contributed by atoms with Crippen LogP contribution in [0.2, 0.25) is 0 Å². The zero-order valence-electron chi connectivity index (χ0n) is 10.2. The highest BCUT2D eigenvalue weighted by Gasteiger charge is 2.10. The zero-order chi connectivity index (χ0) is 13.0. The number of hydrogen-bond acceptors (Lipinski definition) is 2. The summed E-state index contributed by atoms with van der Waals surface area (Å²) in [6.45, 7) is 5.76. The fourth-order valence-electron chi connectivity index (χ4n) is 1.64. The van der Waals surface area contributed by atoms with Crippen molar-refractivity contribution in [2.75, 3.05) is 0 Å². The van der Waals surface area contributed by atoms with Crippen molar-refractivity contribution in [2.24, 2.45) is 0 Å². The van der Waals surface area contributed by atoms with Crippen LogP contribution in [0.5, 0.6) is 5.75 Å². The molecule has 0 fully saturated rings. The molecule has 0 aliphatic rings. The lowest BCUT2D eigenvalue weighted by Crippen LogP contribution is -2.09. The van der Waals surface area contributed by atoms with Crippen LogP contribution >= 0.6 is 0 Å². The van der Waals surface area contributed by atoms with Crippen molar-refractivity contribution in [3.05, 3.63) is 72.3 Å². The molecule has 0 bridgehead atoms. The number of carbonyl (C=O) groups excluding carboxylic acids is 1. The molecule has 0 aliphatic carbocycles. The second-order valence-electron chi connectivity index (χ2n) is 4.03. The first-order chi connectivity index (χ1) is 8.68. The van der Waals surface area contributed by atoms with Crippen LogP contribution in [-0.2, 0) is 0 Å². The van der Waals surface area contributed by atoms with E-state index in [0.717, 1.165) is 11.1 Å². The van der Waals surface area contributed by atoms with E-state index in [2.05, 4.69) is 6.58 Å². The summed E-state index contributed by atoms with van der Waals surface area (Å²) in [5.74, 6) is 0.183. The Kier molecular flexibility index (Phi) is 3.58. The molecule has 2 aromatic carbocycles. The first kappa shape index (κ1) is 12.1. The molecule has 0 saturated carbocycles. The minimum Gasteiger partial charge on any atom is -0.422 e. The summed E-state index contributed by atoms with van der Waals surface area (Å²) in [5.41, 5.74) is 2.25.